The van der Waals surface area contributed by atoms with Crippen LogP contribution in [0.2, 0.25) is 0 Å². The van der Waals surface area contributed by atoms with Crippen molar-refractivity contribution in [2.75, 3.05) is 0 Å². The summed E-state index contributed by atoms with van der Waals surface area (Å²) in [4.78, 5) is 9.87. The van der Waals surface area contributed by atoms with Crippen LogP contribution in [0, 0.1) is 0 Å². The van der Waals surface area contributed by atoms with Gasteiger partial charge in [0.15, 0.2) is 4.96 Å². The first-order chi connectivity index (χ1) is 9.38. The highest BCUT2D eigenvalue weighted by atomic mass is 32.1. The molecule has 98 valence electrons. The van der Waals surface area contributed by atoms with Crippen LogP contribution in [0.5, 0.6) is 0 Å². The van der Waals surface area contributed by atoms with Gasteiger partial charge < -0.3 is 5.32 Å². The topological polar surface area (TPSA) is 60.0 Å². The van der Waals surface area contributed by atoms with Gasteiger partial charge in [-0.25, -0.2) is 14.6 Å². The molecule has 1 aliphatic heterocycles. The van der Waals surface area contributed by atoms with E-state index in [9.17, 15) is 0 Å². The van der Waals surface area contributed by atoms with Crippen molar-refractivity contribution in [2.45, 2.75) is 32.0 Å². The van der Waals surface area contributed by atoms with Crippen molar-refractivity contribution in [1.82, 2.24) is 29.5 Å². The van der Waals surface area contributed by atoms with Gasteiger partial charge in [0.25, 0.3) is 0 Å². The van der Waals surface area contributed by atoms with E-state index in [1.54, 1.807) is 17.7 Å². The van der Waals surface area contributed by atoms with Crippen LogP contribution in [-0.2, 0) is 19.5 Å². The Kier molecular flexibility index (Phi) is 2.59. The van der Waals surface area contributed by atoms with E-state index in [4.69, 9.17) is 0 Å². The van der Waals surface area contributed by atoms with Crippen molar-refractivity contribution in [2.24, 2.45) is 0 Å². The maximum atomic E-state index is 4.58. The Morgan fingerprint density at radius 3 is 3.42 bits per heavy atom. The van der Waals surface area contributed by atoms with Crippen LogP contribution < -0.4 is 5.32 Å². The first-order valence-electron chi connectivity index (χ1n) is 6.39. The number of hydrogen-bond donors (Lipinski definition) is 1. The van der Waals surface area contributed by atoms with Gasteiger partial charge in [0, 0.05) is 36.8 Å². The Morgan fingerprint density at radius 1 is 1.47 bits per heavy atom. The van der Waals surface area contributed by atoms with Crippen molar-refractivity contribution in [3.05, 3.63) is 35.6 Å². The third-order valence-electron chi connectivity index (χ3n) is 3.52. The standard InChI is InChI=1S/C12H14N6S/c1-2-11-14-8-15-18(11)7-9(1)13-5-10-6-17-3-4-19-12(17)16-10/h3-4,6,8-9,13H,1-2,5,7H2. The second-order valence-corrected chi connectivity index (χ2v) is 5.67. The minimum atomic E-state index is 0.453. The van der Waals surface area contributed by atoms with Crippen molar-refractivity contribution >= 4 is 16.3 Å². The third-order valence-corrected chi connectivity index (χ3v) is 4.29. The number of nitrogens with one attached hydrogen (secondary N) is 1. The number of aryl methyl sites for hydroxylation is 1. The molecule has 0 spiro atoms. The molecule has 1 atom stereocenters. The molecule has 0 amide bonds. The second-order valence-electron chi connectivity index (χ2n) is 4.80. The zero-order valence-electron chi connectivity index (χ0n) is 10.4. The minimum absolute atomic E-state index is 0.453. The van der Waals surface area contributed by atoms with E-state index in [0.29, 0.717) is 6.04 Å². The number of rotatable bonds is 3. The lowest BCUT2D eigenvalue weighted by atomic mass is 10.1. The molecule has 1 N–H and O–H groups in total. The van der Waals surface area contributed by atoms with Crippen molar-refractivity contribution < 1.29 is 0 Å². The van der Waals surface area contributed by atoms with Crippen LogP contribution in [0.3, 0.4) is 0 Å². The van der Waals surface area contributed by atoms with Gasteiger partial charge in [0.2, 0.25) is 0 Å². The molecule has 3 aromatic rings. The summed E-state index contributed by atoms with van der Waals surface area (Å²) in [5.41, 5.74) is 1.09. The molecule has 0 fully saturated rings. The second kappa shape index (κ2) is 4.43. The van der Waals surface area contributed by atoms with Crippen molar-refractivity contribution in [3.63, 3.8) is 0 Å². The molecule has 19 heavy (non-hydrogen) atoms. The smallest absolute Gasteiger partial charge is 0.193 e. The fourth-order valence-corrected chi connectivity index (χ4v) is 3.23. The van der Waals surface area contributed by atoms with E-state index in [0.717, 1.165) is 42.4 Å². The van der Waals surface area contributed by atoms with Gasteiger partial charge in [-0.2, -0.15) is 5.10 Å². The summed E-state index contributed by atoms with van der Waals surface area (Å²) in [6.45, 7) is 1.71. The summed E-state index contributed by atoms with van der Waals surface area (Å²) >= 11 is 1.66. The molecule has 0 radical (unpaired) electrons. The monoisotopic (exact) mass is 274 g/mol. The highest BCUT2D eigenvalue weighted by molar-refractivity contribution is 7.15. The molecule has 0 saturated heterocycles. The van der Waals surface area contributed by atoms with Crippen molar-refractivity contribution in [1.29, 1.82) is 0 Å². The quantitative estimate of drug-likeness (QED) is 0.777. The number of thiazole rings is 1. The van der Waals surface area contributed by atoms with Gasteiger partial charge in [0.1, 0.15) is 12.2 Å². The molecule has 0 aliphatic carbocycles. The van der Waals surface area contributed by atoms with Gasteiger partial charge >= 0.3 is 0 Å². The SMILES string of the molecule is c1nc2n(n1)CC(NCc1cn3ccsc3n1)CC2. The predicted octanol–water partition coefficient (Wildman–Crippen LogP) is 1.09. The molecule has 7 heteroatoms. The molecule has 4 heterocycles. The van der Waals surface area contributed by atoms with Crippen LogP contribution >= 0.6 is 11.3 Å². The van der Waals surface area contributed by atoms with Gasteiger partial charge in [-0.3, -0.25) is 4.40 Å². The lowest BCUT2D eigenvalue weighted by Gasteiger charge is -2.23. The Balaban J connectivity index is 1.41. The molecule has 6 nitrogen and oxygen atoms in total. The van der Waals surface area contributed by atoms with Gasteiger partial charge in [-0.1, -0.05) is 0 Å². The highest BCUT2D eigenvalue weighted by Crippen LogP contribution is 2.14. The summed E-state index contributed by atoms with van der Waals surface area (Å²) in [6, 6.07) is 0.453. The Hall–Kier alpha value is -1.73. The molecule has 0 bridgehead atoms. The number of nitrogens with zero attached hydrogens (tertiary/aromatic N) is 5. The van der Waals surface area contributed by atoms with E-state index in [-0.39, 0.29) is 0 Å². The molecule has 4 rings (SSSR count). The minimum Gasteiger partial charge on any atom is -0.306 e. The summed E-state index contributed by atoms with van der Waals surface area (Å²) in [6.07, 6.45) is 7.87. The Morgan fingerprint density at radius 2 is 2.47 bits per heavy atom. The zero-order valence-corrected chi connectivity index (χ0v) is 11.2. The molecule has 1 aliphatic rings. The zero-order chi connectivity index (χ0) is 12.7. The van der Waals surface area contributed by atoms with E-state index < -0.39 is 0 Å². The number of imidazole rings is 1. The Labute approximate surface area is 114 Å². The predicted molar refractivity (Wildman–Crippen MR) is 72.0 cm³/mol. The number of aromatic nitrogens is 5. The molecule has 0 saturated carbocycles. The molecule has 3 aromatic heterocycles. The summed E-state index contributed by atoms with van der Waals surface area (Å²) in [5, 5.41) is 9.84. The lowest BCUT2D eigenvalue weighted by Crippen LogP contribution is -2.37. The lowest BCUT2D eigenvalue weighted by molar-refractivity contribution is 0.357. The first-order valence-corrected chi connectivity index (χ1v) is 7.27. The molecular formula is C12H14N6S. The average molecular weight is 274 g/mol. The van der Waals surface area contributed by atoms with E-state index in [1.165, 1.54) is 0 Å². The van der Waals surface area contributed by atoms with Crippen LogP contribution in [-0.4, -0.2) is 30.2 Å². The van der Waals surface area contributed by atoms with Crippen molar-refractivity contribution in [3.8, 4) is 0 Å². The van der Waals surface area contributed by atoms with E-state index >= 15 is 0 Å². The van der Waals surface area contributed by atoms with Gasteiger partial charge in [-0.05, 0) is 6.42 Å². The van der Waals surface area contributed by atoms with Crippen LogP contribution in [0.4, 0.5) is 0 Å². The average Bonchev–Trinajstić information content (AvgIpc) is 3.10. The largest absolute Gasteiger partial charge is 0.306 e. The Bertz CT molecular complexity index is 667. The first kappa shape index (κ1) is 11.1. The third kappa shape index (κ3) is 2.04. The van der Waals surface area contributed by atoms with Crippen LogP contribution in [0.15, 0.2) is 24.1 Å². The van der Waals surface area contributed by atoms with Gasteiger partial charge in [0.05, 0.1) is 12.2 Å². The van der Waals surface area contributed by atoms with Crippen LogP contribution in [0.25, 0.3) is 4.96 Å². The number of fused-ring (bicyclic) bond motifs is 2. The summed E-state index contributed by atoms with van der Waals surface area (Å²) in [7, 11) is 0. The maximum Gasteiger partial charge on any atom is 0.193 e. The highest BCUT2D eigenvalue weighted by Gasteiger charge is 2.19. The van der Waals surface area contributed by atoms with E-state index in [2.05, 4.69) is 31.0 Å². The molecular weight excluding hydrogens is 260 g/mol. The summed E-state index contributed by atoms with van der Waals surface area (Å²) < 4.78 is 4.06. The fraction of sp³-hybridized carbons (Fsp3) is 0.417. The molecule has 0 aromatic carbocycles. The normalized spacial score (nSPS) is 18.8. The van der Waals surface area contributed by atoms with Gasteiger partial charge in [-0.15, -0.1) is 11.3 Å². The van der Waals surface area contributed by atoms with E-state index in [1.807, 2.05) is 16.3 Å². The fourth-order valence-electron chi connectivity index (χ4n) is 2.51. The molecule has 1 unspecified atom stereocenters. The summed E-state index contributed by atoms with van der Waals surface area (Å²) in [5.74, 6) is 1.10. The maximum absolute atomic E-state index is 4.58. The number of hydrogen-bond acceptors (Lipinski definition) is 5. The van der Waals surface area contributed by atoms with Crippen LogP contribution in [0.1, 0.15) is 17.9 Å².